The Balaban J connectivity index is 1.54. The quantitative estimate of drug-likeness (QED) is 0.237. The van der Waals surface area contributed by atoms with Gasteiger partial charge in [0.1, 0.15) is 6.61 Å². The van der Waals surface area contributed by atoms with E-state index in [-0.39, 0.29) is 13.0 Å². The zero-order valence-corrected chi connectivity index (χ0v) is 23.7. The van der Waals surface area contributed by atoms with Gasteiger partial charge in [0.2, 0.25) is 0 Å². The molecule has 0 amide bonds. The molecule has 0 bridgehead atoms. The topological polar surface area (TPSA) is 72.8 Å². The van der Waals surface area contributed by atoms with Crippen molar-refractivity contribution in [3.63, 3.8) is 0 Å². The highest BCUT2D eigenvalue weighted by Crippen LogP contribution is 2.33. The zero-order chi connectivity index (χ0) is 27.7. The van der Waals surface area contributed by atoms with Crippen molar-refractivity contribution in [1.29, 1.82) is 0 Å². The molecule has 1 atom stereocenters. The van der Waals surface area contributed by atoms with Gasteiger partial charge in [0.05, 0.1) is 12.2 Å². The fourth-order valence-electron chi connectivity index (χ4n) is 5.15. The predicted octanol–water partition coefficient (Wildman–Crippen LogP) is 6.64. The van der Waals surface area contributed by atoms with Gasteiger partial charge >= 0.3 is 11.9 Å². The average molecular weight is 521 g/mol. The molecule has 5 heteroatoms. The Bertz CT molecular complexity index is 1070. The normalized spacial score (nSPS) is 18.6. The second-order valence-electron chi connectivity index (χ2n) is 11.8. The van der Waals surface area contributed by atoms with Crippen molar-refractivity contribution in [3.8, 4) is 0 Å². The van der Waals surface area contributed by atoms with Crippen LogP contribution in [-0.4, -0.2) is 35.9 Å². The number of carbonyl (C=O) groups is 2. The first-order chi connectivity index (χ1) is 18.1. The van der Waals surface area contributed by atoms with Crippen molar-refractivity contribution in [2.75, 3.05) is 13.2 Å². The second kappa shape index (κ2) is 13.7. The molecule has 1 aliphatic rings. The summed E-state index contributed by atoms with van der Waals surface area (Å²) in [6, 6.07) is 15.9. The molecule has 2 aromatic rings. The van der Waals surface area contributed by atoms with E-state index in [2.05, 4.69) is 58.9 Å². The fraction of sp³-hybridized carbons (Fsp3) is 0.515. The van der Waals surface area contributed by atoms with Crippen molar-refractivity contribution < 1.29 is 24.2 Å². The Labute approximate surface area is 228 Å². The highest BCUT2D eigenvalue weighted by atomic mass is 16.6. The average Bonchev–Trinajstić information content (AvgIpc) is 3.21. The number of rotatable bonds is 13. The molecule has 1 aliphatic heterocycles. The van der Waals surface area contributed by atoms with E-state index in [4.69, 9.17) is 9.47 Å². The van der Waals surface area contributed by atoms with Gasteiger partial charge in [-0.1, -0.05) is 75.7 Å². The lowest BCUT2D eigenvalue weighted by molar-refractivity contribution is -0.154. The summed E-state index contributed by atoms with van der Waals surface area (Å²) in [5.74, 6) is 0.750. The monoisotopic (exact) mass is 520 g/mol. The minimum atomic E-state index is -1.22. The van der Waals surface area contributed by atoms with Crippen molar-refractivity contribution in [3.05, 3.63) is 82.4 Å². The molecule has 1 saturated heterocycles. The number of aliphatic hydroxyl groups is 1. The van der Waals surface area contributed by atoms with Crippen LogP contribution in [0.15, 0.2) is 60.2 Å². The molecule has 0 aromatic heterocycles. The second-order valence-corrected chi connectivity index (χ2v) is 11.8. The summed E-state index contributed by atoms with van der Waals surface area (Å²) < 4.78 is 11.1. The Kier molecular flexibility index (Phi) is 10.7. The summed E-state index contributed by atoms with van der Waals surface area (Å²) in [5.41, 5.74) is 3.44. The molecule has 206 valence electrons. The molecule has 0 spiro atoms. The molecule has 38 heavy (non-hydrogen) atoms. The van der Waals surface area contributed by atoms with E-state index < -0.39 is 24.1 Å². The molecule has 0 aliphatic carbocycles. The summed E-state index contributed by atoms with van der Waals surface area (Å²) >= 11 is 0. The third-order valence-electron chi connectivity index (χ3n) is 7.16. The Morgan fingerprint density at radius 1 is 0.974 bits per heavy atom. The van der Waals surface area contributed by atoms with Gasteiger partial charge in [0.15, 0.2) is 5.60 Å². The maximum absolute atomic E-state index is 12.7. The molecule has 0 saturated carbocycles. The molecule has 1 fully saturated rings. The van der Waals surface area contributed by atoms with Gasteiger partial charge < -0.3 is 14.6 Å². The van der Waals surface area contributed by atoms with E-state index in [1.807, 2.05) is 18.2 Å². The highest BCUT2D eigenvalue weighted by molar-refractivity contribution is 5.92. The van der Waals surface area contributed by atoms with Crippen LogP contribution in [0.1, 0.15) is 80.4 Å². The largest absolute Gasteiger partial charge is 0.458 e. The minimum Gasteiger partial charge on any atom is -0.458 e. The zero-order valence-electron chi connectivity index (χ0n) is 23.7. The third-order valence-corrected chi connectivity index (χ3v) is 7.16. The third kappa shape index (κ3) is 8.83. The lowest BCUT2D eigenvalue weighted by atomic mass is 9.86. The Morgan fingerprint density at radius 3 is 2.05 bits per heavy atom. The van der Waals surface area contributed by atoms with E-state index in [1.165, 1.54) is 11.1 Å². The van der Waals surface area contributed by atoms with Gasteiger partial charge in [-0.25, -0.2) is 9.59 Å². The lowest BCUT2D eigenvalue weighted by Gasteiger charge is -2.24. The summed E-state index contributed by atoms with van der Waals surface area (Å²) in [7, 11) is 0. The standard InChI is InChI=1S/C33H44O5/c1-23(2)18-28(19-24(3)4)14-17-30-20-33(21-34,38-32(30)36)22-37-31(35)29-15-12-27(13-16-29)11-10-26-8-6-25(5)7-9-26/h6-9,12-13,15-17,23-24,28,34H,10-11,14,18-22H2,1-5H3/b30-17+/t33-/m1/s1. The van der Waals surface area contributed by atoms with E-state index in [0.29, 0.717) is 28.9 Å². The van der Waals surface area contributed by atoms with E-state index in [0.717, 1.165) is 37.7 Å². The van der Waals surface area contributed by atoms with Crippen molar-refractivity contribution in [2.45, 2.75) is 78.7 Å². The van der Waals surface area contributed by atoms with Gasteiger partial charge in [-0.3, -0.25) is 0 Å². The number of aliphatic hydroxyl groups excluding tert-OH is 1. The van der Waals surface area contributed by atoms with Crippen LogP contribution < -0.4 is 0 Å². The molecule has 5 nitrogen and oxygen atoms in total. The summed E-state index contributed by atoms with van der Waals surface area (Å²) in [6.07, 6.45) is 7.02. The van der Waals surface area contributed by atoms with Gasteiger partial charge in [-0.05, 0) is 80.0 Å². The van der Waals surface area contributed by atoms with Gasteiger partial charge in [0, 0.05) is 12.0 Å². The van der Waals surface area contributed by atoms with Crippen molar-refractivity contribution in [2.24, 2.45) is 17.8 Å². The number of aryl methyl sites for hydroxylation is 3. The molecule has 1 heterocycles. The minimum absolute atomic E-state index is 0.179. The van der Waals surface area contributed by atoms with Crippen LogP contribution in [0.25, 0.3) is 0 Å². The van der Waals surface area contributed by atoms with E-state index in [1.54, 1.807) is 12.1 Å². The Hall–Kier alpha value is -2.92. The van der Waals surface area contributed by atoms with E-state index >= 15 is 0 Å². The van der Waals surface area contributed by atoms with E-state index in [9.17, 15) is 14.7 Å². The predicted molar refractivity (Wildman–Crippen MR) is 151 cm³/mol. The van der Waals surface area contributed by atoms with Crippen LogP contribution in [0.5, 0.6) is 0 Å². The summed E-state index contributed by atoms with van der Waals surface area (Å²) in [6.45, 7) is 10.4. The Morgan fingerprint density at radius 2 is 1.53 bits per heavy atom. The highest BCUT2D eigenvalue weighted by Gasteiger charge is 2.44. The van der Waals surface area contributed by atoms with Crippen LogP contribution in [0.4, 0.5) is 0 Å². The number of benzene rings is 2. The van der Waals surface area contributed by atoms with Crippen molar-refractivity contribution in [1.82, 2.24) is 0 Å². The molecular formula is C33H44O5. The van der Waals surface area contributed by atoms with Crippen LogP contribution in [0.3, 0.4) is 0 Å². The first-order valence-corrected chi connectivity index (χ1v) is 13.9. The lowest BCUT2D eigenvalue weighted by Crippen LogP contribution is -2.39. The maximum atomic E-state index is 12.7. The maximum Gasteiger partial charge on any atom is 0.338 e. The molecule has 0 radical (unpaired) electrons. The number of hydrogen-bond acceptors (Lipinski definition) is 5. The molecule has 1 N–H and O–H groups in total. The SMILES string of the molecule is Cc1ccc(CCc2ccc(C(=O)OC[C@]3(CO)C/C(=C\CC(CC(C)C)CC(C)C)C(=O)O3)cc2)cc1. The van der Waals surface area contributed by atoms with Crippen LogP contribution >= 0.6 is 0 Å². The first-order valence-electron chi connectivity index (χ1n) is 13.9. The van der Waals surface area contributed by atoms with Crippen LogP contribution in [-0.2, 0) is 27.1 Å². The van der Waals surface area contributed by atoms with Crippen LogP contribution in [0, 0.1) is 24.7 Å². The number of cyclic esters (lactones) is 1. The van der Waals surface area contributed by atoms with Crippen molar-refractivity contribution >= 4 is 11.9 Å². The molecule has 2 aromatic carbocycles. The van der Waals surface area contributed by atoms with Gasteiger partial charge in [-0.15, -0.1) is 0 Å². The smallest absolute Gasteiger partial charge is 0.338 e. The number of carbonyl (C=O) groups excluding carboxylic acids is 2. The fourth-order valence-corrected chi connectivity index (χ4v) is 5.15. The first kappa shape index (κ1) is 29.6. The van der Waals surface area contributed by atoms with Gasteiger partial charge in [-0.2, -0.15) is 0 Å². The molecule has 0 unspecified atom stereocenters. The number of hydrogen-bond donors (Lipinski definition) is 1. The molecular weight excluding hydrogens is 476 g/mol. The van der Waals surface area contributed by atoms with Gasteiger partial charge in [0.25, 0.3) is 0 Å². The molecule has 3 rings (SSSR count). The summed E-state index contributed by atoms with van der Waals surface area (Å²) in [4.78, 5) is 25.3. The number of ether oxygens (including phenoxy) is 2. The number of allylic oxidation sites excluding steroid dienone is 1. The number of esters is 2. The summed E-state index contributed by atoms with van der Waals surface area (Å²) in [5, 5.41) is 10.1. The van der Waals surface area contributed by atoms with Crippen LogP contribution in [0.2, 0.25) is 0 Å².